The van der Waals surface area contributed by atoms with Crippen LogP contribution in [0.1, 0.15) is 68.2 Å². The molecule has 5 heteroatoms. The molecule has 5 atom stereocenters. The van der Waals surface area contributed by atoms with E-state index in [-0.39, 0.29) is 18.0 Å². The molecule has 4 rings (SSSR count). The molecule has 0 saturated heterocycles. The zero-order valence-corrected chi connectivity index (χ0v) is 16.6. The number of nitrogens with one attached hydrogen (secondary N) is 1. The zero-order chi connectivity index (χ0) is 19.0. The first-order valence-electron chi connectivity index (χ1n) is 10.3. The van der Waals surface area contributed by atoms with E-state index in [2.05, 4.69) is 45.7 Å². The molecule has 0 unspecified atom stereocenters. The topological polar surface area (TPSA) is 59.8 Å². The second-order valence-corrected chi connectivity index (χ2v) is 8.35. The lowest BCUT2D eigenvalue weighted by Crippen LogP contribution is -2.59. The number of carbonyl (C=O) groups is 1. The fourth-order valence-electron chi connectivity index (χ4n) is 5.35. The van der Waals surface area contributed by atoms with Gasteiger partial charge in [0.15, 0.2) is 0 Å². The van der Waals surface area contributed by atoms with Crippen molar-refractivity contribution < 1.29 is 4.79 Å². The highest BCUT2D eigenvalue weighted by molar-refractivity contribution is 5.77. The standard InChI is InChI=1S/C22H30N4O/c1-14(26-16(3)23-15(2)25-26)13-20(27)24-22-19-12-8-7-11-18(19)21(22)17-9-5-4-6-10-17/h4-6,9-10,14,18-19,21-22H,7-8,11-13H2,1-3H3,(H,24,27)/t14-,18+,19-,21+,22+/m1/s1. The fraction of sp³-hybridized carbons (Fsp3) is 0.591. The Kier molecular flexibility index (Phi) is 5.02. The summed E-state index contributed by atoms with van der Waals surface area (Å²) in [5.41, 5.74) is 1.38. The van der Waals surface area contributed by atoms with E-state index in [0.29, 0.717) is 18.3 Å². The Morgan fingerprint density at radius 3 is 2.56 bits per heavy atom. The van der Waals surface area contributed by atoms with Crippen LogP contribution < -0.4 is 5.32 Å². The van der Waals surface area contributed by atoms with Crippen LogP contribution in [0.15, 0.2) is 30.3 Å². The SMILES string of the molecule is Cc1nc(C)n([C@H](C)CC(=O)N[C@H]2[C@@H]3CCCC[C@@H]3[C@@H]2c2ccccc2)n1. The van der Waals surface area contributed by atoms with Crippen molar-refractivity contribution in [2.75, 3.05) is 0 Å². The smallest absolute Gasteiger partial charge is 0.222 e. The van der Waals surface area contributed by atoms with E-state index in [0.717, 1.165) is 17.6 Å². The van der Waals surface area contributed by atoms with Crippen LogP contribution in [0.25, 0.3) is 0 Å². The van der Waals surface area contributed by atoms with E-state index in [4.69, 9.17) is 0 Å². The molecule has 5 nitrogen and oxygen atoms in total. The van der Waals surface area contributed by atoms with Gasteiger partial charge in [-0.15, -0.1) is 0 Å². The zero-order valence-electron chi connectivity index (χ0n) is 16.6. The summed E-state index contributed by atoms with van der Waals surface area (Å²) in [6.07, 6.45) is 5.61. The fourth-order valence-corrected chi connectivity index (χ4v) is 5.35. The minimum absolute atomic E-state index is 0.0172. The number of amides is 1. The Morgan fingerprint density at radius 2 is 1.89 bits per heavy atom. The summed E-state index contributed by atoms with van der Waals surface area (Å²) in [7, 11) is 0. The molecular weight excluding hydrogens is 336 g/mol. The maximum atomic E-state index is 12.8. The molecule has 2 aliphatic carbocycles. The first-order chi connectivity index (χ1) is 13.0. The third kappa shape index (κ3) is 3.52. The molecule has 27 heavy (non-hydrogen) atoms. The Hall–Kier alpha value is -2.17. The Morgan fingerprint density at radius 1 is 1.19 bits per heavy atom. The van der Waals surface area contributed by atoms with Crippen LogP contribution in [-0.4, -0.2) is 26.7 Å². The van der Waals surface area contributed by atoms with Crippen LogP contribution >= 0.6 is 0 Å². The van der Waals surface area contributed by atoms with Gasteiger partial charge in [-0.25, -0.2) is 9.67 Å². The third-order valence-corrected chi connectivity index (χ3v) is 6.50. The van der Waals surface area contributed by atoms with Crippen molar-refractivity contribution in [1.82, 2.24) is 20.1 Å². The summed E-state index contributed by atoms with van der Waals surface area (Å²) < 4.78 is 1.87. The quantitative estimate of drug-likeness (QED) is 0.872. The van der Waals surface area contributed by atoms with Crippen LogP contribution in [0.2, 0.25) is 0 Å². The lowest BCUT2D eigenvalue weighted by Gasteiger charge is -2.55. The van der Waals surface area contributed by atoms with E-state index in [1.54, 1.807) is 0 Å². The predicted octanol–water partition coefficient (Wildman–Crippen LogP) is 3.93. The van der Waals surface area contributed by atoms with Crippen LogP contribution in [0.3, 0.4) is 0 Å². The second kappa shape index (κ2) is 7.45. The summed E-state index contributed by atoms with van der Waals surface area (Å²) in [6, 6.07) is 11.0. The second-order valence-electron chi connectivity index (χ2n) is 8.35. The molecule has 0 bridgehead atoms. The van der Waals surface area contributed by atoms with Gasteiger partial charge in [-0.05, 0) is 51.0 Å². The number of aromatic nitrogens is 3. The highest BCUT2D eigenvalue weighted by atomic mass is 16.1. The number of carbonyl (C=O) groups excluding carboxylic acids is 1. The normalized spacial score (nSPS) is 28.1. The highest BCUT2D eigenvalue weighted by Gasteiger charge is 2.51. The van der Waals surface area contributed by atoms with E-state index >= 15 is 0 Å². The van der Waals surface area contributed by atoms with Gasteiger partial charge in [0.1, 0.15) is 11.6 Å². The Balaban J connectivity index is 1.45. The van der Waals surface area contributed by atoms with Crippen molar-refractivity contribution in [3.63, 3.8) is 0 Å². The molecule has 2 aliphatic rings. The molecule has 1 aromatic carbocycles. The van der Waals surface area contributed by atoms with Gasteiger partial charge in [0.25, 0.3) is 0 Å². The highest BCUT2D eigenvalue weighted by Crippen LogP contribution is 2.54. The first-order valence-corrected chi connectivity index (χ1v) is 10.3. The van der Waals surface area contributed by atoms with Gasteiger partial charge in [0.05, 0.1) is 6.04 Å². The molecule has 1 heterocycles. The molecule has 0 radical (unpaired) electrons. The number of fused-ring (bicyclic) bond motifs is 1. The molecule has 0 aliphatic heterocycles. The monoisotopic (exact) mass is 366 g/mol. The third-order valence-electron chi connectivity index (χ3n) is 6.50. The summed E-state index contributed by atoms with van der Waals surface area (Å²) in [4.78, 5) is 17.2. The van der Waals surface area contributed by atoms with Crippen LogP contribution in [0, 0.1) is 25.7 Å². The van der Waals surface area contributed by atoms with Gasteiger partial charge >= 0.3 is 0 Å². The summed E-state index contributed by atoms with van der Waals surface area (Å²) in [6.45, 7) is 5.87. The van der Waals surface area contributed by atoms with Crippen molar-refractivity contribution in [3.05, 3.63) is 47.5 Å². The van der Waals surface area contributed by atoms with E-state index in [9.17, 15) is 4.79 Å². The van der Waals surface area contributed by atoms with E-state index < -0.39 is 0 Å². The number of nitrogens with zero attached hydrogens (tertiary/aromatic N) is 3. The molecule has 2 aromatic rings. The number of rotatable bonds is 5. The van der Waals surface area contributed by atoms with Crippen molar-refractivity contribution in [1.29, 1.82) is 0 Å². The van der Waals surface area contributed by atoms with Crippen molar-refractivity contribution in [2.45, 2.75) is 70.9 Å². The van der Waals surface area contributed by atoms with Crippen LogP contribution in [0.5, 0.6) is 0 Å². The van der Waals surface area contributed by atoms with Crippen molar-refractivity contribution in [3.8, 4) is 0 Å². The van der Waals surface area contributed by atoms with Crippen LogP contribution in [0.4, 0.5) is 0 Å². The number of benzene rings is 1. The summed E-state index contributed by atoms with van der Waals surface area (Å²) in [5.74, 6) is 3.58. The van der Waals surface area contributed by atoms with E-state index in [1.165, 1.54) is 31.2 Å². The molecular formula is C22H30N4O. The van der Waals surface area contributed by atoms with Gasteiger partial charge in [0, 0.05) is 18.4 Å². The summed E-state index contributed by atoms with van der Waals surface area (Å²) >= 11 is 0. The molecule has 2 fully saturated rings. The lowest BCUT2D eigenvalue weighted by molar-refractivity contribution is -0.125. The van der Waals surface area contributed by atoms with Crippen molar-refractivity contribution >= 4 is 5.91 Å². The lowest BCUT2D eigenvalue weighted by atomic mass is 9.53. The maximum absolute atomic E-state index is 12.8. The minimum atomic E-state index is 0.0172. The minimum Gasteiger partial charge on any atom is -0.352 e. The van der Waals surface area contributed by atoms with Gasteiger partial charge in [-0.3, -0.25) is 4.79 Å². The first kappa shape index (κ1) is 18.2. The Bertz CT molecular complexity index is 800. The molecule has 1 amide bonds. The predicted molar refractivity (Wildman–Crippen MR) is 105 cm³/mol. The molecule has 1 N–H and O–H groups in total. The molecule has 2 saturated carbocycles. The van der Waals surface area contributed by atoms with Gasteiger partial charge in [-0.2, -0.15) is 5.10 Å². The van der Waals surface area contributed by atoms with Gasteiger partial charge in [-0.1, -0.05) is 43.2 Å². The average molecular weight is 367 g/mol. The van der Waals surface area contributed by atoms with E-state index in [1.807, 2.05) is 25.5 Å². The largest absolute Gasteiger partial charge is 0.352 e. The Labute approximate surface area is 161 Å². The molecule has 144 valence electrons. The average Bonchev–Trinajstić information content (AvgIpc) is 2.99. The number of hydrogen-bond donors (Lipinski definition) is 1. The maximum Gasteiger partial charge on any atom is 0.222 e. The summed E-state index contributed by atoms with van der Waals surface area (Å²) in [5, 5.41) is 7.82. The number of aryl methyl sites for hydroxylation is 2. The molecule has 0 spiro atoms. The van der Waals surface area contributed by atoms with Crippen molar-refractivity contribution in [2.24, 2.45) is 11.8 Å². The van der Waals surface area contributed by atoms with Gasteiger partial charge in [0.2, 0.25) is 5.91 Å². The molecule has 1 aromatic heterocycles. The number of hydrogen-bond acceptors (Lipinski definition) is 3. The van der Waals surface area contributed by atoms with Crippen LogP contribution in [-0.2, 0) is 4.79 Å². The van der Waals surface area contributed by atoms with Gasteiger partial charge < -0.3 is 5.32 Å².